The molecule has 3 nitrogen and oxygen atoms in total. The predicted octanol–water partition coefficient (Wildman–Crippen LogP) is 2.98. The molecule has 0 heterocycles. The molecule has 2 atom stereocenters. The van der Waals surface area contributed by atoms with Crippen LogP contribution in [0, 0.1) is 11.6 Å². The van der Waals surface area contributed by atoms with Gasteiger partial charge in [-0.1, -0.05) is 6.07 Å². The van der Waals surface area contributed by atoms with Crippen LogP contribution in [0.15, 0.2) is 36.4 Å². The minimum Gasteiger partial charge on any atom is -0.497 e. The van der Waals surface area contributed by atoms with Crippen molar-refractivity contribution in [3.8, 4) is 11.5 Å². The Morgan fingerprint density at radius 1 is 1.05 bits per heavy atom. The van der Waals surface area contributed by atoms with E-state index in [2.05, 4.69) is 0 Å². The van der Waals surface area contributed by atoms with E-state index in [-0.39, 0.29) is 17.9 Å². The second-order valence-electron chi connectivity index (χ2n) is 5.06. The van der Waals surface area contributed by atoms with Crippen LogP contribution in [0.3, 0.4) is 0 Å². The number of fused-ring (bicyclic) bond motifs is 1. The van der Waals surface area contributed by atoms with Gasteiger partial charge in [-0.3, -0.25) is 0 Å². The molecule has 0 spiro atoms. The lowest BCUT2D eigenvalue weighted by Gasteiger charge is -2.18. The molecule has 2 unspecified atom stereocenters. The van der Waals surface area contributed by atoms with E-state index in [4.69, 9.17) is 15.2 Å². The van der Waals surface area contributed by atoms with Gasteiger partial charge in [0.05, 0.1) is 13.2 Å². The van der Waals surface area contributed by atoms with Crippen molar-refractivity contribution >= 4 is 0 Å². The first-order chi connectivity index (χ1) is 10.1. The summed E-state index contributed by atoms with van der Waals surface area (Å²) in [6.07, 6.45) is 0.242. The fourth-order valence-corrected chi connectivity index (χ4v) is 2.63. The van der Waals surface area contributed by atoms with Gasteiger partial charge in [-0.2, -0.15) is 0 Å². The molecule has 5 heteroatoms. The van der Waals surface area contributed by atoms with Gasteiger partial charge in [-0.25, -0.2) is 8.78 Å². The number of benzene rings is 2. The minimum absolute atomic E-state index is 0.146. The van der Waals surface area contributed by atoms with E-state index in [1.54, 1.807) is 7.11 Å². The van der Waals surface area contributed by atoms with Crippen LogP contribution in [0.1, 0.15) is 17.2 Å². The Morgan fingerprint density at radius 3 is 2.43 bits per heavy atom. The highest BCUT2D eigenvalue weighted by molar-refractivity contribution is 5.42. The average molecular weight is 291 g/mol. The van der Waals surface area contributed by atoms with Crippen molar-refractivity contribution in [1.82, 2.24) is 0 Å². The fourth-order valence-electron chi connectivity index (χ4n) is 2.63. The molecule has 0 aromatic heterocycles. The fraction of sp³-hybridized carbons (Fsp3) is 0.250. The third-order valence-electron chi connectivity index (χ3n) is 3.66. The molecule has 0 radical (unpaired) electrons. The van der Waals surface area contributed by atoms with Crippen molar-refractivity contribution in [3.05, 3.63) is 59.2 Å². The number of hydrogen-bond acceptors (Lipinski definition) is 3. The summed E-state index contributed by atoms with van der Waals surface area (Å²) in [4.78, 5) is 0. The number of rotatable bonds is 3. The maximum atomic E-state index is 13.2. The van der Waals surface area contributed by atoms with Crippen LogP contribution in [0.25, 0.3) is 0 Å². The zero-order valence-electron chi connectivity index (χ0n) is 11.5. The lowest BCUT2D eigenvalue weighted by molar-refractivity contribution is 0.183. The first-order valence-corrected chi connectivity index (χ1v) is 6.62. The molecule has 1 aliphatic rings. The van der Waals surface area contributed by atoms with Crippen molar-refractivity contribution in [1.29, 1.82) is 0 Å². The summed E-state index contributed by atoms with van der Waals surface area (Å²) in [6, 6.07) is 8.41. The Kier molecular flexibility index (Phi) is 3.51. The van der Waals surface area contributed by atoms with Crippen LogP contribution in [0.5, 0.6) is 11.5 Å². The van der Waals surface area contributed by atoms with Crippen molar-refractivity contribution in [2.75, 3.05) is 7.11 Å². The zero-order chi connectivity index (χ0) is 15.0. The quantitative estimate of drug-likeness (QED) is 0.945. The van der Waals surface area contributed by atoms with Crippen molar-refractivity contribution < 1.29 is 18.3 Å². The maximum Gasteiger partial charge on any atom is 0.129 e. The molecule has 3 rings (SSSR count). The predicted molar refractivity (Wildman–Crippen MR) is 74.4 cm³/mol. The first-order valence-electron chi connectivity index (χ1n) is 6.62. The molecule has 2 aromatic rings. The third kappa shape index (κ3) is 2.69. The molecule has 110 valence electrons. The highest BCUT2D eigenvalue weighted by Crippen LogP contribution is 2.35. The van der Waals surface area contributed by atoms with E-state index in [0.717, 1.165) is 35.1 Å². The highest BCUT2D eigenvalue weighted by Gasteiger charge is 2.31. The van der Waals surface area contributed by atoms with Crippen LogP contribution >= 0.6 is 0 Å². The largest absolute Gasteiger partial charge is 0.497 e. The molecule has 0 saturated heterocycles. The minimum atomic E-state index is -0.671. The van der Waals surface area contributed by atoms with Crippen molar-refractivity contribution in [2.45, 2.75) is 18.6 Å². The van der Waals surface area contributed by atoms with E-state index >= 15 is 0 Å². The van der Waals surface area contributed by atoms with Crippen LogP contribution in [-0.2, 0) is 6.42 Å². The van der Waals surface area contributed by atoms with Gasteiger partial charge in [-0.15, -0.1) is 0 Å². The molecule has 2 N–H and O–H groups in total. The molecular formula is C16H15F2NO2. The van der Waals surface area contributed by atoms with Gasteiger partial charge in [0.2, 0.25) is 0 Å². The van der Waals surface area contributed by atoms with E-state index < -0.39 is 11.6 Å². The third-order valence-corrected chi connectivity index (χ3v) is 3.66. The van der Waals surface area contributed by atoms with Crippen LogP contribution in [0.2, 0.25) is 0 Å². The van der Waals surface area contributed by atoms with Gasteiger partial charge >= 0.3 is 0 Å². The normalized spacial score (nSPS) is 20.2. The monoisotopic (exact) mass is 291 g/mol. The van der Waals surface area contributed by atoms with Crippen LogP contribution < -0.4 is 15.2 Å². The summed E-state index contributed by atoms with van der Waals surface area (Å²) in [5, 5.41) is 0. The van der Waals surface area contributed by atoms with Gasteiger partial charge in [-0.05, 0) is 23.3 Å². The second kappa shape index (κ2) is 5.33. The number of nitrogens with two attached hydrogens (primary N) is 1. The zero-order valence-corrected chi connectivity index (χ0v) is 11.5. The molecule has 0 saturated carbocycles. The lowest BCUT2D eigenvalue weighted by atomic mass is 10.1. The van der Waals surface area contributed by atoms with Gasteiger partial charge in [0.15, 0.2) is 0 Å². The Bertz CT molecular complexity index is 655. The summed E-state index contributed by atoms with van der Waals surface area (Å²) >= 11 is 0. The summed E-state index contributed by atoms with van der Waals surface area (Å²) in [7, 11) is 1.59. The SMILES string of the molecule is COc1ccc2c(c1)C(N)C(Oc1cc(F)cc(F)c1)C2. The van der Waals surface area contributed by atoms with Gasteiger partial charge in [0.25, 0.3) is 0 Å². The Labute approximate surface area is 121 Å². The van der Waals surface area contributed by atoms with E-state index in [1.807, 2.05) is 18.2 Å². The highest BCUT2D eigenvalue weighted by atomic mass is 19.1. The maximum absolute atomic E-state index is 13.2. The Hall–Kier alpha value is -2.14. The van der Waals surface area contributed by atoms with Crippen LogP contribution in [-0.4, -0.2) is 13.2 Å². The Morgan fingerprint density at radius 2 is 1.76 bits per heavy atom. The summed E-state index contributed by atoms with van der Waals surface area (Å²) in [5.41, 5.74) is 8.17. The van der Waals surface area contributed by atoms with Gasteiger partial charge in [0.1, 0.15) is 29.2 Å². The van der Waals surface area contributed by atoms with E-state index in [9.17, 15) is 8.78 Å². The smallest absolute Gasteiger partial charge is 0.129 e. The van der Waals surface area contributed by atoms with Gasteiger partial charge in [0, 0.05) is 24.6 Å². The lowest BCUT2D eigenvalue weighted by Crippen LogP contribution is -2.27. The first kappa shape index (κ1) is 13.8. The number of ether oxygens (including phenoxy) is 2. The molecule has 0 bridgehead atoms. The topological polar surface area (TPSA) is 44.5 Å². The number of hydrogen-bond donors (Lipinski definition) is 1. The standard InChI is InChI=1S/C16H15F2NO2/c1-20-12-3-2-9-4-15(16(19)14(9)8-12)21-13-6-10(17)5-11(18)7-13/h2-3,5-8,15-16H,4,19H2,1H3. The Balaban J connectivity index is 1.82. The molecule has 2 aromatic carbocycles. The molecule has 0 amide bonds. The summed E-state index contributed by atoms with van der Waals surface area (Å²) in [6.45, 7) is 0. The molecule has 0 aliphatic heterocycles. The van der Waals surface area contributed by atoms with Crippen molar-refractivity contribution in [2.24, 2.45) is 5.73 Å². The van der Waals surface area contributed by atoms with Crippen molar-refractivity contribution in [3.63, 3.8) is 0 Å². The van der Waals surface area contributed by atoms with Gasteiger partial charge < -0.3 is 15.2 Å². The average Bonchev–Trinajstić information content (AvgIpc) is 2.74. The summed E-state index contributed by atoms with van der Waals surface area (Å²) < 4.78 is 37.2. The number of methoxy groups -OCH3 is 1. The summed E-state index contributed by atoms with van der Waals surface area (Å²) in [5.74, 6) is -0.471. The molecule has 0 fully saturated rings. The number of halogens is 2. The van der Waals surface area contributed by atoms with E-state index in [1.165, 1.54) is 0 Å². The molecule has 21 heavy (non-hydrogen) atoms. The van der Waals surface area contributed by atoms with Crippen LogP contribution in [0.4, 0.5) is 8.78 Å². The molecule has 1 aliphatic carbocycles. The van der Waals surface area contributed by atoms with E-state index in [0.29, 0.717) is 6.42 Å². The second-order valence-corrected chi connectivity index (χ2v) is 5.06. The molecular weight excluding hydrogens is 276 g/mol.